The fourth-order valence-electron chi connectivity index (χ4n) is 1.02. The van der Waals surface area contributed by atoms with Crippen LogP contribution in [0, 0.1) is 0 Å². The van der Waals surface area contributed by atoms with Gasteiger partial charge in [0.2, 0.25) is 10.5 Å². The van der Waals surface area contributed by atoms with Crippen LogP contribution < -0.4 is 0 Å². The summed E-state index contributed by atoms with van der Waals surface area (Å²) < 4.78 is 0. The third-order valence-electron chi connectivity index (χ3n) is 1.78. The summed E-state index contributed by atoms with van der Waals surface area (Å²) in [5, 5.41) is -2.65. The number of halogens is 4. The van der Waals surface area contributed by atoms with Crippen molar-refractivity contribution in [2.24, 2.45) is 0 Å². The molecular weight excluding hydrogens is 270 g/mol. The van der Waals surface area contributed by atoms with E-state index in [4.69, 9.17) is 46.4 Å². The molecule has 0 bridgehead atoms. The summed E-state index contributed by atoms with van der Waals surface area (Å²) in [7, 11) is 0. The van der Waals surface area contributed by atoms with Crippen LogP contribution in [0.2, 0.25) is 0 Å². The number of allylic oxidation sites excluding steroid dienone is 4. The molecule has 0 aromatic carbocycles. The summed E-state index contributed by atoms with van der Waals surface area (Å²) in [5.41, 5.74) is 0.0554. The van der Waals surface area contributed by atoms with E-state index in [0.29, 0.717) is 0 Å². The SMILES string of the molecule is O=C(Cl)C1=CC=CC(Cl)(C(=O)Cl)C1Cl. The van der Waals surface area contributed by atoms with Gasteiger partial charge in [0.05, 0.1) is 5.38 Å². The Balaban J connectivity index is 3.11. The largest absolute Gasteiger partial charge is 0.279 e. The fraction of sp³-hybridized carbons (Fsp3) is 0.250. The molecule has 0 heterocycles. The minimum Gasteiger partial charge on any atom is -0.279 e. The smallest absolute Gasteiger partial charge is 0.249 e. The quantitative estimate of drug-likeness (QED) is 0.573. The Morgan fingerprint density at radius 3 is 2.36 bits per heavy atom. The lowest BCUT2D eigenvalue weighted by Crippen LogP contribution is -2.40. The predicted octanol–water partition coefficient (Wildman–Crippen LogP) is 2.60. The highest BCUT2D eigenvalue weighted by atomic mass is 35.5. The van der Waals surface area contributed by atoms with Crippen molar-refractivity contribution in [3.63, 3.8) is 0 Å². The molecule has 0 spiro atoms. The molecule has 2 atom stereocenters. The molecule has 0 saturated carbocycles. The Bertz CT molecular complexity index is 347. The fourth-order valence-corrected chi connectivity index (χ4v) is 2.01. The van der Waals surface area contributed by atoms with E-state index in [2.05, 4.69) is 0 Å². The van der Waals surface area contributed by atoms with E-state index >= 15 is 0 Å². The Hall–Kier alpha value is -0.0200. The second-order valence-corrected chi connectivity index (χ2v) is 4.41. The van der Waals surface area contributed by atoms with Gasteiger partial charge < -0.3 is 0 Å². The third kappa shape index (κ3) is 1.98. The molecule has 0 saturated heterocycles. The number of rotatable bonds is 2. The van der Waals surface area contributed by atoms with Crippen LogP contribution in [-0.2, 0) is 9.59 Å². The van der Waals surface area contributed by atoms with Gasteiger partial charge in [-0.25, -0.2) is 0 Å². The standard InChI is InChI=1S/C8H4Cl4O2/c9-5-4(6(10)13)2-1-3-8(5,12)7(11)14/h1-3,5H. The number of carbonyl (C=O) groups is 2. The van der Waals surface area contributed by atoms with Gasteiger partial charge in [0.25, 0.3) is 0 Å². The Labute approximate surface area is 100 Å². The van der Waals surface area contributed by atoms with E-state index in [0.717, 1.165) is 0 Å². The maximum atomic E-state index is 11.0. The first kappa shape index (κ1) is 12.1. The first-order valence-corrected chi connectivity index (χ1v) is 5.09. The molecule has 6 heteroatoms. The average Bonchev–Trinajstić information content (AvgIpc) is 2.09. The molecule has 0 aromatic heterocycles. The minimum absolute atomic E-state index is 0.0554. The summed E-state index contributed by atoms with van der Waals surface area (Å²) in [5.74, 6) is 0. The number of alkyl halides is 2. The van der Waals surface area contributed by atoms with E-state index in [1.807, 2.05) is 0 Å². The molecule has 0 N–H and O–H groups in total. The lowest BCUT2D eigenvalue weighted by molar-refractivity contribution is -0.113. The van der Waals surface area contributed by atoms with Crippen LogP contribution in [-0.4, -0.2) is 20.7 Å². The molecule has 0 amide bonds. The zero-order chi connectivity index (χ0) is 10.9. The molecule has 1 aliphatic carbocycles. The summed E-state index contributed by atoms with van der Waals surface area (Å²) in [6.07, 6.45) is 4.14. The van der Waals surface area contributed by atoms with Crippen molar-refractivity contribution < 1.29 is 9.59 Å². The molecular formula is C8H4Cl4O2. The Morgan fingerprint density at radius 1 is 1.36 bits per heavy atom. The van der Waals surface area contributed by atoms with Gasteiger partial charge in [-0.15, -0.1) is 23.2 Å². The van der Waals surface area contributed by atoms with Gasteiger partial charge in [-0.05, 0) is 23.2 Å². The molecule has 0 aliphatic heterocycles. The van der Waals surface area contributed by atoms with Gasteiger partial charge in [0.15, 0.2) is 4.87 Å². The molecule has 14 heavy (non-hydrogen) atoms. The van der Waals surface area contributed by atoms with Crippen LogP contribution in [0.3, 0.4) is 0 Å². The molecule has 0 aromatic rings. The van der Waals surface area contributed by atoms with E-state index < -0.39 is 20.7 Å². The second-order valence-electron chi connectivity index (χ2n) is 2.66. The number of carbonyl (C=O) groups excluding carboxylic acids is 2. The van der Waals surface area contributed by atoms with E-state index in [9.17, 15) is 9.59 Å². The van der Waals surface area contributed by atoms with Gasteiger partial charge in [-0.3, -0.25) is 9.59 Å². The lowest BCUT2D eigenvalue weighted by atomic mass is 9.94. The highest BCUT2D eigenvalue weighted by molar-refractivity contribution is 6.73. The molecule has 2 unspecified atom stereocenters. The van der Waals surface area contributed by atoms with Crippen LogP contribution >= 0.6 is 46.4 Å². The van der Waals surface area contributed by atoms with Crippen molar-refractivity contribution in [3.05, 3.63) is 23.8 Å². The minimum atomic E-state index is -1.60. The summed E-state index contributed by atoms with van der Waals surface area (Å²) in [6, 6.07) is 0. The van der Waals surface area contributed by atoms with Crippen molar-refractivity contribution >= 4 is 56.9 Å². The van der Waals surface area contributed by atoms with E-state index in [1.54, 1.807) is 0 Å². The molecule has 76 valence electrons. The number of hydrogen-bond acceptors (Lipinski definition) is 2. The van der Waals surface area contributed by atoms with Crippen molar-refractivity contribution in [1.29, 1.82) is 0 Å². The molecule has 1 aliphatic rings. The molecule has 0 fully saturated rings. The van der Waals surface area contributed by atoms with E-state index in [1.165, 1.54) is 18.2 Å². The third-order valence-corrected chi connectivity index (χ3v) is 3.62. The maximum absolute atomic E-state index is 11.0. The molecule has 2 nitrogen and oxygen atoms in total. The molecule has 1 rings (SSSR count). The summed E-state index contributed by atoms with van der Waals surface area (Å²) in [4.78, 5) is 20.3. The summed E-state index contributed by atoms with van der Waals surface area (Å²) >= 11 is 22.2. The normalized spacial score (nSPS) is 31.1. The van der Waals surface area contributed by atoms with Gasteiger partial charge in [-0.2, -0.15) is 0 Å². The highest BCUT2D eigenvalue weighted by Gasteiger charge is 2.44. The summed E-state index contributed by atoms with van der Waals surface area (Å²) in [6.45, 7) is 0. The van der Waals surface area contributed by atoms with Crippen LogP contribution in [0.15, 0.2) is 23.8 Å². The van der Waals surface area contributed by atoms with Crippen LogP contribution in [0.4, 0.5) is 0 Å². The van der Waals surface area contributed by atoms with Crippen LogP contribution in [0.25, 0.3) is 0 Å². The van der Waals surface area contributed by atoms with Gasteiger partial charge in [-0.1, -0.05) is 18.2 Å². The van der Waals surface area contributed by atoms with Crippen molar-refractivity contribution in [3.8, 4) is 0 Å². The van der Waals surface area contributed by atoms with Crippen molar-refractivity contribution in [1.82, 2.24) is 0 Å². The van der Waals surface area contributed by atoms with Crippen molar-refractivity contribution in [2.45, 2.75) is 10.3 Å². The highest BCUT2D eigenvalue weighted by Crippen LogP contribution is 2.37. The van der Waals surface area contributed by atoms with Gasteiger partial charge in [0.1, 0.15) is 0 Å². The van der Waals surface area contributed by atoms with Crippen LogP contribution in [0.1, 0.15) is 0 Å². The first-order valence-electron chi connectivity index (χ1n) is 3.51. The van der Waals surface area contributed by atoms with Crippen LogP contribution in [0.5, 0.6) is 0 Å². The number of hydrogen-bond donors (Lipinski definition) is 0. The Morgan fingerprint density at radius 2 is 1.93 bits per heavy atom. The topological polar surface area (TPSA) is 34.1 Å². The van der Waals surface area contributed by atoms with Gasteiger partial charge in [0, 0.05) is 5.57 Å². The monoisotopic (exact) mass is 272 g/mol. The lowest BCUT2D eigenvalue weighted by Gasteiger charge is -2.27. The Kier molecular flexibility index (Phi) is 3.64. The second kappa shape index (κ2) is 4.23. The van der Waals surface area contributed by atoms with Gasteiger partial charge >= 0.3 is 0 Å². The first-order chi connectivity index (χ1) is 6.39. The molecule has 0 radical (unpaired) electrons. The predicted molar refractivity (Wildman–Crippen MR) is 57.2 cm³/mol. The zero-order valence-corrected chi connectivity index (χ0v) is 9.66. The van der Waals surface area contributed by atoms with Crippen molar-refractivity contribution in [2.75, 3.05) is 0 Å². The zero-order valence-electron chi connectivity index (χ0n) is 6.64. The van der Waals surface area contributed by atoms with E-state index in [-0.39, 0.29) is 5.57 Å². The maximum Gasteiger partial charge on any atom is 0.249 e. The average molecular weight is 274 g/mol.